The van der Waals surface area contributed by atoms with Gasteiger partial charge in [-0.3, -0.25) is 0 Å². The van der Waals surface area contributed by atoms with E-state index in [2.05, 4.69) is 72.0 Å². The minimum absolute atomic E-state index is 0. The molecule has 0 aromatic carbocycles. The van der Waals surface area contributed by atoms with Crippen LogP contribution in [-0.4, -0.2) is 11.5 Å². The number of hydrogen-bond donors (Lipinski definition) is 0. The maximum absolute atomic E-state index is 2.36. The number of nitrogens with zero attached hydrogens (tertiary/aromatic N) is 2. The number of rotatable bonds is 27. The predicted octanol–water partition coefficient (Wildman–Crippen LogP) is 5.00. The molecule has 42 heavy (non-hydrogen) atoms. The fourth-order valence-electron chi connectivity index (χ4n) is 5.17. The van der Waals surface area contributed by atoms with Gasteiger partial charge in [0.15, 0.2) is 24.8 Å². The first kappa shape index (κ1) is 42.5. The average Bonchev–Trinajstić information content (AvgIpc) is 2.98. The number of pyridine rings is 2. The smallest absolute Gasteiger partial charge is 0.169 e. The van der Waals surface area contributed by atoms with Gasteiger partial charge in [0, 0.05) is 46.9 Å². The lowest BCUT2D eigenvalue weighted by Gasteiger charge is -2.04. The zero-order chi connectivity index (χ0) is 28.4. The highest BCUT2D eigenvalue weighted by molar-refractivity contribution is 7.99. The third-order valence-electron chi connectivity index (χ3n) is 7.84. The lowest BCUT2D eigenvalue weighted by atomic mass is 10.1. The van der Waals surface area contributed by atoms with Gasteiger partial charge in [0.25, 0.3) is 0 Å². The Hall–Kier alpha value is 0.460. The predicted molar refractivity (Wildman–Crippen MR) is 178 cm³/mol. The van der Waals surface area contributed by atoms with E-state index in [9.17, 15) is 0 Å². The van der Waals surface area contributed by atoms with Gasteiger partial charge in [0.05, 0.1) is 0 Å². The van der Waals surface area contributed by atoms with E-state index in [-0.39, 0.29) is 48.0 Å². The van der Waals surface area contributed by atoms with Crippen LogP contribution < -0.4 is 57.1 Å². The van der Waals surface area contributed by atoms with Gasteiger partial charge in [0.2, 0.25) is 0 Å². The molecule has 2 heterocycles. The second-order valence-electron chi connectivity index (χ2n) is 11.6. The van der Waals surface area contributed by atoms with Crippen molar-refractivity contribution < 1.29 is 57.1 Å². The van der Waals surface area contributed by atoms with Crippen molar-refractivity contribution >= 4 is 23.5 Å². The van der Waals surface area contributed by atoms with Crippen LogP contribution >= 0.6 is 23.5 Å². The van der Waals surface area contributed by atoms with Gasteiger partial charge >= 0.3 is 0 Å². The van der Waals surface area contributed by atoms with Crippen LogP contribution in [0.2, 0.25) is 0 Å². The molecule has 2 aromatic rings. The van der Waals surface area contributed by atoms with Crippen LogP contribution in [0.4, 0.5) is 0 Å². The van der Waals surface area contributed by atoms with E-state index < -0.39 is 0 Å². The third kappa shape index (κ3) is 23.8. The van der Waals surface area contributed by atoms with Gasteiger partial charge in [-0.05, 0) is 37.2 Å². The average molecular weight is 841 g/mol. The van der Waals surface area contributed by atoms with Crippen molar-refractivity contribution in [1.29, 1.82) is 0 Å². The molecule has 0 fully saturated rings. The van der Waals surface area contributed by atoms with Gasteiger partial charge in [-0.1, -0.05) is 104 Å². The molecule has 0 aliphatic carbocycles. The number of halogens is 2. The highest BCUT2D eigenvalue weighted by atomic mass is 127. The summed E-state index contributed by atoms with van der Waals surface area (Å²) in [4.78, 5) is 2.85. The minimum atomic E-state index is 0. The molecule has 2 rings (SSSR count). The molecule has 0 atom stereocenters. The molecule has 242 valence electrons. The molecule has 0 aliphatic heterocycles. The molecule has 0 bridgehead atoms. The van der Waals surface area contributed by atoms with E-state index >= 15 is 0 Å². The number of unbranched alkanes of at least 4 members (excludes halogenated alkanes) is 17. The van der Waals surface area contributed by atoms with Gasteiger partial charge < -0.3 is 48.0 Å². The minimum Gasteiger partial charge on any atom is -1.00 e. The monoisotopic (exact) mass is 840 g/mol. The molecule has 0 unspecified atom stereocenters. The van der Waals surface area contributed by atoms with Crippen molar-refractivity contribution in [2.24, 2.45) is 0 Å². The first-order valence-electron chi connectivity index (χ1n) is 17.1. The van der Waals surface area contributed by atoms with Crippen LogP contribution in [0.3, 0.4) is 0 Å². The fraction of sp³-hybridized carbons (Fsp3) is 0.722. The normalized spacial score (nSPS) is 10.8. The van der Waals surface area contributed by atoms with Crippen molar-refractivity contribution in [2.75, 3.05) is 11.5 Å². The van der Waals surface area contributed by atoms with E-state index in [0.29, 0.717) is 0 Å². The molecule has 2 nitrogen and oxygen atoms in total. The quantitative estimate of drug-likeness (QED) is 0.0543. The molecule has 2 aromatic heterocycles. The Balaban J connectivity index is 0.00000840. The van der Waals surface area contributed by atoms with Crippen molar-refractivity contribution in [2.45, 2.75) is 165 Å². The standard InChI is InChI=1S/C36H62N2S2.2HI/c1-3-5-7-9-11-13-15-19-27-37-29-23-35(24-30-37)39-33-21-17-18-22-34-40-36-25-31-38(32-26-36)28-20-16-14-12-10-8-6-4-2;;/h23-26,29-32H,3-22,27-28,33-34H2,1-2H3;2*1H/q+2;;/p-2. The van der Waals surface area contributed by atoms with Crippen LogP contribution in [0.25, 0.3) is 0 Å². The maximum Gasteiger partial charge on any atom is 0.169 e. The summed E-state index contributed by atoms with van der Waals surface area (Å²) in [5, 5.41) is 0. The summed E-state index contributed by atoms with van der Waals surface area (Å²) in [6.07, 6.45) is 36.7. The number of aromatic nitrogens is 2. The van der Waals surface area contributed by atoms with Crippen molar-refractivity contribution in [3.05, 3.63) is 49.1 Å². The molecule has 0 radical (unpaired) electrons. The Labute approximate surface area is 303 Å². The second-order valence-corrected chi connectivity index (χ2v) is 13.9. The summed E-state index contributed by atoms with van der Waals surface area (Å²) in [6, 6.07) is 9.24. The zero-order valence-electron chi connectivity index (χ0n) is 27.1. The zero-order valence-corrected chi connectivity index (χ0v) is 33.0. The first-order chi connectivity index (χ1) is 19.8. The fourth-order valence-corrected chi connectivity index (χ4v) is 6.97. The summed E-state index contributed by atoms with van der Waals surface area (Å²) < 4.78 is 4.73. The van der Waals surface area contributed by atoms with E-state index in [4.69, 9.17) is 0 Å². The molecule has 0 spiro atoms. The van der Waals surface area contributed by atoms with Crippen LogP contribution in [-0.2, 0) is 13.1 Å². The molecule has 0 aliphatic rings. The van der Waals surface area contributed by atoms with E-state index in [0.717, 1.165) is 0 Å². The molecule has 0 saturated carbocycles. The number of hydrogen-bond acceptors (Lipinski definition) is 2. The van der Waals surface area contributed by atoms with Crippen LogP contribution in [0.5, 0.6) is 0 Å². The highest BCUT2D eigenvalue weighted by Crippen LogP contribution is 2.21. The molecule has 6 heteroatoms. The topological polar surface area (TPSA) is 7.76 Å². The highest BCUT2D eigenvalue weighted by Gasteiger charge is 2.04. The lowest BCUT2D eigenvalue weighted by Crippen LogP contribution is -3.00. The van der Waals surface area contributed by atoms with E-state index in [1.54, 1.807) is 0 Å². The van der Waals surface area contributed by atoms with Crippen LogP contribution in [0.1, 0.15) is 142 Å². The summed E-state index contributed by atoms with van der Waals surface area (Å²) in [6.45, 7) is 6.92. The van der Waals surface area contributed by atoms with Gasteiger partial charge in [0.1, 0.15) is 13.1 Å². The second kappa shape index (κ2) is 31.4. The SMILES string of the molecule is CCCCCCCCCC[n+]1ccc(SCCCCCCSc2cc[n+](CCCCCCCCCC)cc2)cc1.[I-].[I-]. The Morgan fingerprint density at radius 2 is 0.690 bits per heavy atom. The van der Waals surface area contributed by atoms with E-state index in [1.807, 2.05) is 23.5 Å². The Kier molecular flexibility index (Phi) is 31.8. The summed E-state index contributed by atoms with van der Waals surface area (Å²) in [5.74, 6) is 2.49. The summed E-state index contributed by atoms with van der Waals surface area (Å²) in [5.41, 5.74) is 0. The lowest BCUT2D eigenvalue weighted by molar-refractivity contribution is -0.697. The molecule has 0 N–H and O–H groups in total. The van der Waals surface area contributed by atoms with Crippen molar-refractivity contribution in [3.63, 3.8) is 0 Å². The molecule has 0 saturated heterocycles. The van der Waals surface area contributed by atoms with Crippen molar-refractivity contribution in [3.8, 4) is 0 Å². The van der Waals surface area contributed by atoms with Crippen LogP contribution in [0, 0.1) is 0 Å². The van der Waals surface area contributed by atoms with Gasteiger partial charge in [-0.2, -0.15) is 0 Å². The Morgan fingerprint density at radius 1 is 0.405 bits per heavy atom. The molecule has 0 amide bonds. The maximum atomic E-state index is 2.36. The van der Waals surface area contributed by atoms with Crippen molar-refractivity contribution in [1.82, 2.24) is 0 Å². The van der Waals surface area contributed by atoms with Gasteiger partial charge in [-0.25, -0.2) is 9.13 Å². The Bertz CT molecular complexity index is 749. The Morgan fingerprint density at radius 3 is 1.02 bits per heavy atom. The van der Waals surface area contributed by atoms with Gasteiger partial charge in [-0.15, -0.1) is 23.5 Å². The molecular formula is C36H62I2N2S2. The summed E-state index contributed by atoms with van der Waals surface area (Å²) >= 11 is 4.05. The molecular weight excluding hydrogens is 778 g/mol. The largest absolute Gasteiger partial charge is 1.00 e. The van der Waals surface area contributed by atoms with E-state index in [1.165, 1.54) is 163 Å². The van der Waals surface area contributed by atoms with Crippen LogP contribution in [0.15, 0.2) is 58.8 Å². The summed E-state index contributed by atoms with van der Waals surface area (Å²) in [7, 11) is 0. The third-order valence-corrected chi connectivity index (χ3v) is 10.0. The first-order valence-corrected chi connectivity index (χ1v) is 19.0. The number of thioether (sulfide) groups is 2. The number of aryl methyl sites for hydroxylation is 2.